The largest absolute Gasteiger partial charge is 0.497 e. The minimum atomic E-state index is -0.206. The Labute approximate surface area is 128 Å². The first-order valence-corrected chi connectivity index (χ1v) is 7.90. The molecular weight excluding hydrogens is 285 g/mol. The fourth-order valence-electron chi connectivity index (χ4n) is 2.74. The van der Waals surface area contributed by atoms with Crippen LogP contribution >= 0.6 is 11.8 Å². The molecule has 0 saturated heterocycles. The zero-order chi connectivity index (χ0) is 14.8. The third kappa shape index (κ3) is 3.06. The van der Waals surface area contributed by atoms with E-state index in [1.165, 1.54) is 23.3 Å². The summed E-state index contributed by atoms with van der Waals surface area (Å²) in [5, 5.41) is 0.301. The number of ether oxygens (including phenoxy) is 1. The van der Waals surface area contributed by atoms with Gasteiger partial charge in [0.25, 0.3) is 0 Å². The fourth-order valence-corrected chi connectivity index (χ4v) is 3.91. The van der Waals surface area contributed by atoms with E-state index in [0.717, 1.165) is 23.5 Å². The van der Waals surface area contributed by atoms with E-state index < -0.39 is 0 Å². The maximum absolute atomic E-state index is 13.0. The smallest absolute Gasteiger partial charge is 0.123 e. The molecule has 0 radical (unpaired) electrons. The lowest BCUT2D eigenvalue weighted by Crippen LogP contribution is -2.29. The molecule has 0 aliphatic heterocycles. The van der Waals surface area contributed by atoms with Gasteiger partial charge in [-0.05, 0) is 60.4 Å². The number of methoxy groups -OCH3 is 1. The Bertz CT molecular complexity index is 629. The van der Waals surface area contributed by atoms with Crippen molar-refractivity contribution in [1.29, 1.82) is 0 Å². The van der Waals surface area contributed by atoms with Crippen LogP contribution in [0.4, 0.5) is 4.39 Å². The number of fused-ring (bicyclic) bond motifs is 1. The first kappa shape index (κ1) is 14.4. The van der Waals surface area contributed by atoms with Crippen LogP contribution in [-0.2, 0) is 6.42 Å². The molecule has 0 saturated carbocycles. The number of benzene rings is 2. The van der Waals surface area contributed by atoms with Gasteiger partial charge in [-0.1, -0.05) is 6.07 Å². The minimum Gasteiger partial charge on any atom is -0.497 e. The van der Waals surface area contributed by atoms with Gasteiger partial charge >= 0.3 is 0 Å². The van der Waals surface area contributed by atoms with Crippen LogP contribution < -0.4 is 10.5 Å². The third-order valence-corrected chi connectivity index (χ3v) is 5.29. The van der Waals surface area contributed by atoms with Gasteiger partial charge in [0, 0.05) is 16.2 Å². The van der Waals surface area contributed by atoms with Crippen molar-refractivity contribution in [2.75, 3.05) is 7.11 Å². The maximum atomic E-state index is 13.0. The number of halogens is 1. The van der Waals surface area contributed by atoms with Gasteiger partial charge in [0.05, 0.1) is 7.11 Å². The average Bonchev–Trinajstić information content (AvgIpc) is 2.52. The highest BCUT2D eigenvalue weighted by atomic mass is 32.2. The zero-order valence-corrected chi connectivity index (χ0v) is 12.7. The van der Waals surface area contributed by atoms with E-state index in [1.807, 2.05) is 24.3 Å². The minimum absolute atomic E-state index is 0.0288. The topological polar surface area (TPSA) is 35.2 Å². The summed E-state index contributed by atoms with van der Waals surface area (Å²) in [6.07, 6.45) is 2.05. The van der Waals surface area contributed by atoms with Gasteiger partial charge in [-0.15, -0.1) is 11.8 Å². The van der Waals surface area contributed by atoms with Crippen LogP contribution in [0.3, 0.4) is 0 Å². The van der Waals surface area contributed by atoms with Crippen LogP contribution in [0.5, 0.6) is 5.75 Å². The fraction of sp³-hybridized carbons (Fsp3) is 0.294. The number of rotatable bonds is 3. The van der Waals surface area contributed by atoms with Crippen molar-refractivity contribution in [3.05, 3.63) is 59.4 Å². The van der Waals surface area contributed by atoms with E-state index in [9.17, 15) is 4.39 Å². The Morgan fingerprint density at radius 2 is 1.95 bits per heavy atom. The lowest BCUT2D eigenvalue weighted by Gasteiger charge is -2.31. The van der Waals surface area contributed by atoms with Crippen molar-refractivity contribution in [3.8, 4) is 5.75 Å². The Morgan fingerprint density at radius 1 is 1.19 bits per heavy atom. The monoisotopic (exact) mass is 303 g/mol. The predicted octanol–water partition coefficient (Wildman–Crippen LogP) is 3.94. The van der Waals surface area contributed by atoms with Crippen LogP contribution in [0.25, 0.3) is 0 Å². The summed E-state index contributed by atoms with van der Waals surface area (Å²) in [5.41, 5.74) is 8.91. The standard InChI is InChI=1S/C17H18FNOS/c1-20-13-6-2-11-3-9-16(17(19)15(11)10-13)21-14-7-4-12(18)5-8-14/h2,4-8,10,16-17H,3,9,19H2,1H3. The molecule has 0 amide bonds. The van der Waals surface area contributed by atoms with Crippen LogP contribution in [-0.4, -0.2) is 12.4 Å². The molecule has 2 N–H and O–H groups in total. The molecule has 2 unspecified atom stereocenters. The lowest BCUT2D eigenvalue weighted by atomic mass is 9.87. The van der Waals surface area contributed by atoms with Gasteiger partial charge in [-0.3, -0.25) is 0 Å². The summed E-state index contributed by atoms with van der Waals surface area (Å²) in [6, 6.07) is 12.7. The Kier molecular flexibility index (Phi) is 4.17. The first-order chi connectivity index (χ1) is 10.2. The molecule has 2 aromatic rings. The van der Waals surface area contributed by atoms with E-state index in [2.05, 4.69) is 6.07 Å². The number of nitrogens with two attached hydrogens (primary N) is 1. The maximum Gasteiger partial charge on any atom is 0.123 e. The molecule has 2 aromatic carbocycles. The molecule has 4 heteroatoms. The van der Waals surface area contributed by atoms with Crippen molar-refractivity contribution in [1.82, 2.24) is 0 Å². The summed E-state index contributed by atoms with van der Waals surface area (Å²) in [4.78, 5) is 1.06. The molecule has 0 heterocycles. The second-order valence-electron chi connectivity index (χ2n) is 5.24. The summed E-state index contributed by atoms with van der Waals surface area (Å²) in [5.74, 6) is 0.638. The highest BCUT2D eigenvalue weighted by molar-refractivity contribution is 8.00. The number of hydrogen-bond donors (Lipinski definition) is 1. The molecule has 110 valence electrons. The molecule has 0 bridgehead atoms. The highest BCUT2D eigenvalue weighted by Crippen LogP contribution is 2.39. The normalized spacial score (nSPS) is 20.9. The molecule has 0 aromatic heterocycles. The first-order valence-electron chi connectivity index (χ1n) is 7.02. The molecule has 3 rings (SSSR count). The SMILES string of the molecule is COc1ccc2c(c1)C(N)C(Sc1ccc(F)cc1)CC2. The summed E-state index contributed by atoms with van der Waals surface area (Å²) in [7, 11) is 1.67. The number of hydrogen-bond acceptors (Lipinski definition) is 3. The van der Waals surface area contributed by atoms with Gasteiger partial charge in [0.2, 0.25) is 0 Å². The van der Waals surface area contributed by atoms with Gasteiger partial charge in [-0.25, -0.2) is 4.39 Å². The summed E-state index contributed by atoms with van der Waals surface area (Å²) < 4.78 is 18.3. The molecule has 1 aliphatic rings. The van der Waals surface area contributed by atoms with E-state index in [0.29, 0.717) is 5.25 Å². The Balaban J connectivity index is 1.81. The summed E-state index contributed by atoms with van der Waals surface area (Å²) >= 11 is 1.73. The Hall–Kier alpha value is -1.52. The van der Waals surface area contributed by atoms with Crippen molar-refractivity contribution in [3.63, 3.8) is 0 Å². The molecule has 0 spiro atoms. The highest BCUT2D eigenvalue weighted by Gasteiger charge is 2.27. The molecule has 2 nitrogen and oxygen atoms in total. The second kappa shape index (κ2) is 6.08. The van der Waals surface area contributed by atoms with Gasteiger partial charge in [-0.2, -0.15) is 0 Å². The third-order valence-electron chi connectivity index (χ3n) is 3.91. The molecule has 0 fully saturated rings. The molecular formula is C17H18FNOS. The molecule has 1 aliphatic carbocycles. The van der Waals surface area contributed by atoms with Crippen molar-refractivity contribution >= 4 is 11.8 Å². The summed E-state index contributed by atoms with van der Waals surface area (Å²) in [6.45, 7) is 0. The number of thioether (sulfide) groups is 1. The van der Waals surface area contributed by atoms with E-state index in [1.54, 1.807) is 18.9 Å². The van der Waals surface area contributed by atoms with E-state index >= 15 is 0 Å². The molecule has 21 heavy (non-hydrogen) atoms. The lowest BCUT2D eigenvalue weighted by molar-refractivity contribution is 0.412. The van der Waals surface area contributed by atoms with Crippen molar-refractivity contribution in [2.24, 2.45) is 5.73 Å². The van der Waals surface area contributed by atoms with Crippen molar-refractivity contribution in [2.45, 2.75) is 29.0 Å². The zero-order valence-electron chi connectivity index (χ0n) is 11.9. The van der Waals surface area contributed by atoms with Gasteiger partial charge in [0.1, 0.15) is 11.6 Å². The van der Waals surface area contributed by atoms with Crippen LogP contribution in [0.1, 0.15) is 23.6 Å². The van der Waals surface area contributed by atoms with Crippen LogP contribution in [0, 0.1) is 5.82 Å². The Morgan fingerprint density at radius 3 is 2.67 bits per heavy atom. The average molecular weight is 303 g/mol. The van der Waals surface area contributed by atoms with E-state index in [-0.39, 0.29) is 11.9 Å². The van der Waals surface area contributed by atoms with Crippen LogP contribution in [0.15, 0.2) is 47.4 Å². The van der Waals surface area contributed by atoms with Crippen LogP contribution in [0.2, 0.25) is 0 Å². The van der Waals surface area contributed by atoms with Crippen molar-refractivity contribution < 1.29 is 9.13 Å². The molecule has 2 atom stereocenters. The van der Waals surface area contributed by atoms with Gasteiger partial charge < -0.3 is 10.5 Å². The quantitative estimate of drug-likeness (QED) is 0.932. The number of aryl methyl sites for hydroxylation is 1. The van der Waals surface area contributed by atoms with Gasteiger partial charge in [0.15, 0.2) is 0 Å². The predicted molar refractivity (Wildman–Crippen MR) is 84.3 cm³/mol. The van der Waals surface area contributed by atoms with E-state index in [4.69, 9.17) is 10.5 Å². The second-order valence-corrected chi connectivity index (χ2v) is 6.55.